The maximum atomic E-state index is 11.4. The first-order valence-corrected chi connectivity index (χ1v) is 5.95. The second kappa shape index (κ2) is 10.3. The average molecular weight is 274 g/mol. The lowest BCUT2D eigenvalue weighted by Crippen LogP contribution is -2.47. The summed E-state index contributed by atoms with van der Waals surface area (Å²) in [6.07, 6.45) is 0.214. The van der Waals surface area contributed by atoms with Crippen molar-refractivity contribution < 1.29 is 24.2 Å². The van der Waals surface area contributed by atoms with Crippen molar-refractivity contribution in [1.29, 1.82) is 0 Å². The van der Waals surface area contributed by atoms with E-state index in [2.05, 4.69) is 17.2 Å². The molecule has 7 heteroatoms. The highest BCUT2D eigenvalue weighted by Gasteiger charge is 2.18. The smallest absolute Gasteiger partial charge is 0.326 e. The number of carbonyl (C=O) groups excluding carboxylic acids is 1. The Morgan fingerprint density at radius 3 is 2.58 bits per heavy atom. The number of hydrogen-bond acceptors (Lipinski definition) is 4. The van der Waals surface area contributed by atoms with Crippen LogP contribution in [0.3, 0.4) is 0 Å². The lowest BCUT2D eigenvalue weighted by Gasteiger charge is -2.14. The van der Waals surface area contributed by atoms with E-state index in [-0.39, 0.29) is 13.0 Å². The van der Waals surface area contributed by atoms with Gasteiger partial charge in [0.15, 0.2) is 0 Å². The Balaban J connectivity index is 3.80. The number of ether oxygens (including phenoxy) is 2. The van der Waals surface area contributed by atoms with Crippen molar-refractivity contribution in [3.05, 3.63) is 12.2 Å². The van der Waals surface area contributed by atoms with Crippen molar-refractivity contribution in [1.82, 2.24) is 10.6 Å². The first-order valence-electron chi connectivity index (χ1n) is 5.95. The number of nitrogens with one attached hydrogen (secondary N) is 2. The predicted molar refractivity (Wildman–Crippen MR) is 70.1 cm³/mol. The van der Waals surface area contributed by atoms with Gasteiger partial charge in [0.1, 0.15) is 6.04 Å². The number of urea groups is 1. The van der Waals surface area contributed by atoms with Gasteiger partial charge >= 0.3 is 12.0 Å². The number of amides is 2. The van der Waals surface area contributed by atoms with E-state index in [1.165, 1.54) is 7.11 Å². The summed E-state index contributed by atoms with van der Waals surface area (Å²) < 4.78 is 9.96. The van der Waals surface area contributed by atoms with Crippen LogP contribution in [0, 0.1) is 0 Å². The molecule has 1 unspecified atom stereocenters. The van der Waals surface area contributed by atoms with E-state index >= 15 is 0 Å². The van der Waals surface area contributed by atoms with Crippen LogP contribution in [-0.4, -0.2) is 56.6 Å². The van der Waals surface area contributed by atoms with Crippen molar-refractivity contribution >= 4 is 12.0 Å². The predicted octanol–water partition coefficient (Wildman–Crippen LogP) is 0.368. The molecule has 0 aromatic heterocycles. The molecule has 0 aromatic rings. The largest absolute Gasteiger partial charge is 0.480 e. The van der Waals surface area contributed by atoms with Gasteiger partial charge in [-0.3, -0.25) is 0 Å². The fourth-order valence-electron chi connectivity index (χ4n) is 1.19. The van der Waals surface area contributed by atoms with Gasteiger partial charge in [0, 0.05) is 26.7 Å². The molecular weight excluding hydrogens is 252 g/mol. The SMILES string of the molecule is C=C(C)COCCNC(=O)NC(CCOC)C(=O)O. The van der Waals surface area contributed by atoms with E-state index in [1.54, 1.807) is 0 Å². The average Bonchev–Trinajstić information content (AvgIpc) is 2.33. The molecule has 0 bridgehead atoms. The molecule has 0 aliphatic rings. The summed E-state index contributed by atoms with van der Waals surface area (Å²) in [5.74, 6) is -1.09. The van der Waals surface area contributed by atoms with Crippen LogP contribution < -0.4 is 10.6 Å². The Labute approximate surface area is 113 Å². The van der Waals surface area contributed by atoms with E-state index in [4.69, 9.17) is 14.6 Å². The highest BCUT2D eigenvalue weighted by atomic mass is 16.5. The lowest BCUT2D eigenvalue weighted by atomic mass is 10.2. The Hall–Kier alpha value is -1.60. The molecule has 2 amide bonds. The summed E-state index contributed by atoms with van der Waals surface area (Å²) in [5.41, 5.74) is 0.898. The van der Waals surface area contributed by atoms with E-state index in [9.17, 15) is 9.59 Å². The van der Waals surface area contributed by atoms with Crippen LogP contribution in [-0.2, 0) is 14.3 Å². The summed E-state index contributed by atoms with van der Waals surface area (Å²) >= 11 is 0. The maximum absolute atomic E-state index is 11.4. The molecule has 0 saturated carbocycles. The van der Waals surface area contributed by atoms with Crippen molar-refractivity contribution in [2.75, 3.05) is 33.5 Å². The Morgan fingerprint density at radius 2 is 2.05 bits per heavy atom. The van der Waals surface area contributed by atoms with Gasteiger partial charge in [0.2, 0.25) is 0 Å². The van der Waals surface area contributed by atoms with Crippen molar-refractivity contribution in [2.45, 2.75) is 19.4 Å². The molecule has 0 aromatic carbocycles. The monoisotopic (exact) mass is 274 g/mol. The van der Waals surface area contributed by atoms with Crippen molar-refractivity contribution in [3.63, 3.8) is 0 Å². The quantitative estimate of drug-likeness (QED) is 0.395. The summed E-state index contributed by atoms with van der Waals surface area (Å²) in [4.78, 5) is 22.3. The number of carboxylic acids is 1. The van der Waals surface area contributed by atoms with Crippen LogP contribution in [0.1, 0.15) is 13.3 Å². The van der Waals surface area contributed by atoms with Gasteiger partial charge in [0.05, 0.1) is 13.2 Å². The molecule has 110 valence electrons. The molecule has 0 aliphatic carbocycles. The summed E-state index contributed by atoms with van der Waals surface area (Å²) in [6.45, 7) is 6.86. The minimum Gasteiger partial charge on any atom is -0.480 e. The van der Waals surface area contributed by atoms with Crippen LogP contribution in [0.15, 0.2) is 12.2 Å². The molecule has 0 heterocycles. The Kier molecular flexibility index (Phi) is 9.46. The van der Waals surface area contributed by atoms with Gasteiger partial charge < -0.3 is 25.2 Å². The second-order valence-electron chi connectivity index (χ2n) is 4.08. The van der Waals surface area contributed by atoms with Gasteiger partial charge in [-0.2, -0.15) is 0 Å². The van der Waals surface area contributed by atoms with Crippen LogP contribution in [0.2, 0.25) is 0 Å². The maximum Gasteiger partial charge on any atom is 0.326 e. The summed E-state index contributed by atoms with van der Waals surface area (Å²) in [6, 6.07) is -1.50. The number of aliphatic carboxylic acids is 1. The van der Waals surface area contributed by atoms with Gasteiger partial charge in [-0.05, 0) is 6.92 Å². The van der Waals surface area contributed by atoms with E-state index < -0.39 is 18.0 Å². The number of rotatable bonds is 10. The number of methoxy groups -OCH3 is 1. The first kappa shape index (κ1) is 17.4. The minimum atomic E-state index is -1.09. The number of carboxylic acid groups (broad SMARTS) is 1. The zero-order chi connectivity index (χ0) is 14.7. The van der Waals surface area contributed by atoms with Crippen LogP contribution in [0.5, 0.6) is 0 Å². The molecule has 19 heavy (non-hydrogen) atoms. The first-order chi connectivity index (χ1) is 8.97. The zero-order valence-electron chi connectivity index (χ0n) is 11.4. The molecule has 0 radical (unpaired) electrons. The summed E-state index contributed by atoms with van der Waals surface area (Å²) in [7, 11) is 1.47. The third kappa shape index (κ3) is 10.0. The number of hydrogen-bond donors (Lipinski definition) is 3. The third-order valence-electron chi connectivity index (χ3n) is 2.09. The normalized spacial score (nSPS) is 11.7. The van der Waals surface area contributed by atoms with E-state index in [0.29, 0.717) is 19.8 Å². The molecule has 0 rings (SSSR count). The minimum absolute atomic E-state index is 0.214. The van der Waals surface area contributed by atoms with Crippen molar-refractivity contribution in [2.24, 2.45) is 0 Å². The van der Waals surface area contributed by atoms with Gasteiger partial charge in [-0.15, -0.1) is 0 Å². The van der Waals surface area contributed by atoms with E-state index in [1.807, 2.05) is 6.92 Å². The molecule has 0 saturated heterocycles. The van der Waals surface area contributed by atoms with Crippen LogP contribution in [0.25, 0.3) is 0 Å². The lowest BCUT2D eigenvalue weighted by molar-refractivity contribution is -0.139. The molecule has 3 N–H and O–H groups in total. The van der Waals surface area contributed by atoms with Gasteiger partial charge in [0.25, 0.3) is 0 Å². The van der Waals surface area contributed by atoms with Crippen molar-refractivity contribution in [3.8, 4) is 0 Å². The standard InChI is InChI=1S/C12H22N2O5/c1-9(2)8-19-7-5-13-12(17)14-10(11(15)16)4-6-18-3/h10H,1,4-8H2,2-3H3,(H,15,16)(H2,13,14,17). The molecule has 0 fully saturated rings. The fourth-order valence-corrected chi connectivity index (χ4v) is 1.19. The van der Waals surface area contributed by atoms with Crippen LogP contribution >= 0.6 is 0 Å². The van der Waals surface area contributed by atoms with Crippen LogP contribution in [0.4, 0.5) is 4.79 Å². The van der Waals surface area contributed by atoms with E-state index in [0.717, 1.165) is 5.57 Å². The molecule has 0 aliphatic heterocycles. The Morgan fingerprint density at radius 1 is 1.37 bits per heavy atom. The molecule has 7 nitrogen and oxygen atoms in total. The highest BCUT2D eigenvalue weighted by Crippen LogP contribution is 1.93. The zero-order valence-corrected chi connectivity index (χ0v) is 11.4. The molecule has 0 spiro atoms. The molecular formula is C12H22N2O5. The second-order valence-corrected chi connectivity index (χ2v) is 4.08. The summed E-state index contributed by atoms with van der Waals surface area (Å²) in [5, 5.41) is 13.7. The Bertz CT molecular complexity index is 306. The third-order valence-corrected chi connectivity index (χ3v) is 2.09. The topological polar surface area (TPSA) is 96.9 Å². The van der Waals surface area contributed by atoms with Gasteiger partial charge in [-0.25, -0.2) is 9.59 Å². The fraction of sp³-hybridized carbons (Fsp3) is 0.667. The molecule has 1 atom stereocenters. The number of carbonyl (C=O) groups is 2. The van der Waals surface area contributed by atoms with Gasteiger partial charge in [-0.1, -0.05) is 12.2 Å². The highest BCUT2D eigenvalue weighted by molar-refractivity contribution is 5.82.